The molecule has 0 unspecified atom stereocenters. The van der Waals surface area contributed by atoms with Crippen LogP contribution in [0.3, 0.4) is 0 Å². The van der Waals surface area contributed by atoms with Crippen LogP contribution in [0, 0.1) is 11.3 Å². The van der Waals surface area contributed by atoms with Crippen LogP contribution < -0.4 is 5.56 Å². The highest BCUT2D eigenvalue weighted by atomic mass is 16.1. The molecule has 0 saturated heterocycles. The lowest BCUT2D eigenvalue weighted by Crippen LogP contribution is -2.15. The number of nitrogens with one attached hydrogen (secondary N) is 1. The van der Waals surface area contributed by atoms with Crippen molar-refractivity contribution in [2.24, 2.45) is 0 Å². The number of pyridine rings is 1. The maximum Gasteiger partial charge on any atom is 0.252 e. The fraction of sp³-hybridized carbons (Fsp3) is 0.0435. The Morgan fingerprint density at radius 3 is 2.38 bits per heavy atom. The zero-order valence-corrected chi connectivity index (χ0v) is 14.1. The Morgan fingerprint density at radius 2 is 1.58 bits per heavy atom. The van der Waals surface area contributed by atoms with Crippen molar-refractivity contribution in [1.82, 2.24) is 4.98 Å². The summed E-state index contributed by atoms with van der Waals surface area (Å²) < 4.78 is 0. The average molecular weight is 336 g/mol. The molecule has 0 fully saturated rings. The Balaban J connectivity index is 1.81. The third kappa shape index (κ3) is 2.89. The highest BCUT2D eigenvalue weighted by Crippen LogP contribution is 2.23. The van der Waals surface area contributed by atoms with Crippen molar-refractivity contribution in [1.29, 1.82) is 5.26 Å². The van der Waals surface area contributed by atoms with Crippen LogP contribution in [0.25, 0.3) is 22.0 Å². The van der Waals surface area contributed by atoms with E-state index >= 15 is 0 Å². The van der Waals surface area contributed by atoms with Gasteiger partial charge in [-0.15, -0.1) is 0 Å². The number of nitriles is 1. The number of aromatic nitrogens is 1. The van der Waals surface area contributed by atoms with E-state index < -0.39 is 0 Å². The van der Waals surface area contributed by atoms with E-state index in [0.717, 1.165) is 21.9 Å². The van der Waals surface area contributed by atoms with Gasteiger partial charge in [0, 0.05) is 12.0 Å². The van der Waals surface area contributed by atoms with Gasteiger partial charge in [0.25, 0.3) is 5.56 Å². The van der Waals surface area contributed by atoms with Gasteiger partial charge in [0.1, 0.15) is 6.07 Å². The molecule has 0 aliphatic carbocycles. The van der Waals surface area contributed by atoms with Crippen molar-refractivity contribution in [2.75, 3.05) is 0 Å². The molecule has 1 aromatic heterocycles. The molecule has 124 valence electrons. The second kappa shape index (κ2) is 6.70. The van der Waals surface area contributed by atoms with E-state index in [2.05, 4.69) is 29.3 Å². The first-order valence-corrected chi connectivity index (χ1v) is 8.44. The van der Waals surface area contributed by atoms with Gasteiger partial charge in [-0.25, -0.2) is 0 Å². The highest BCUT2D eigenvalue weighted by Gasteiger charge is 2.12. The molecule has 4 rings (SSSR count). The van der Waals surface area contributed by atoms with Gasteiger partial charge in [-0.3, -0.25) is 4.79 Å². The number of hydrogen-bond donors (Lipinski definition) is 1. The van der Waals surface area contributed by atoms with Gasteiger partial charge in [-0.05, 0) is 28.0 Å². The zero-order valence-electron chi connectivity index (χ0n) is 14.1. The molecule has 1 heterocycles. The molecular formula is C23H16N2O. The van der Waals surface area contributed by atoms with Crippen LogP contribution in [0.5, 0.6) is 0 Å². The number of benzene rings is 3. The number of nitrogens with zero attached hydrogens (tertiary/aromatic N) is 1. The van der Waals surface area contributed by atoms with Gasteiger partial charge in [-0.2, -0.15) is 5.26 Å². The van der Waals surface area contributed by atoms with Gasteiger partial charge in [0.2, 0.25) is 0 Å². The second-order valence-electron chi connectivity index (χ2n) is 6.21. The summed E-state index contributed by atoms with van der Waals surface area (Å²) in [6, 6.07) is 27.6. The van der Waals surface area contributed by atoms with E-state index in [4.69, 9.17) is 0 Å². The summed E-state index contributed by atoms with van der Waals surface area (Å²) in [6.45, 7) is 0. The SMILES string of the molecule is N#Cc1cc(Cc2cccc3ccccc23)c(=O)[nH]c1-c1ccccc1. The molecule has 3 aromatic carbocycles. The molecule has 3 heteroatoms. The summed E-state index contributed by atoms with van der Waals surface area (Å²) in [5.74, 6) is 0. The van der Waals surface area contributed by atoms with Gasteiger partial charge >= 0.3 is 0 Å². The van der Waals surface area contributed by atoms with Crippen LogP contribution in [0.4, 0.5) is 0 Å². The minimum Gasteiger partial charge on any atom is -0.321 e. The van der Waals surface area contributed by atoms with Crippen LogP contribution in [-0.4, -0.2) is 4.98 Å². The topological polar surface area (TPSA) is 56.6 Å². The monoisotopic (exact) mass is 336 g/mol. The molecule has 0 atom stereocenters. The van der Waals surface area contributed by atoms with E-state index in [1.807, 2.05) is 54.6 Å². The Kier molecular flexibility index (Phi) is 4.09. The van der Waals surface area contributed by atoms with Crippen LogP contribution in [0.2, 0.25) is 0 Å². The minimum absolute atomic E-state index is 0.157. The van der Waals surface area contributed by atoms with E-state index in [1.54, 1.807) is 6.07 Å². The molecule has 0 aliphatic rings. The molecule has 0 radical (unpaired) electrons. The lowest BCUT2D eigenvalue weighted by atomic mass is 9.97. The first-order valence-electron chi connectivity index (χ1n) is 8.44. The fourth-order valence-corrected chi connectivity index (χ4v) is 3.28. The predicted molar refractivity (Wildman–Crippen MR) is 104 cm³/mol. The summed E-state index contributed by atoms with van der Waals surface area (Å²) in [5.41, 5.74) is 3.39. The van der Waals surface area contributed by atoms with Gasteiger partial charge in [0.15, 0.2) is 0 Å². The molecule has 1 N–H and O–H groups in total. The van der Waals surface area contributed by atoms with E-state index in [-0.39, 0.29) is 5.56 Å². The number of H-pyrrole nitrogens is 1. The molecule has 26 heavy (non-hydrogen) atoms. The van der Waals surface area contributed by atoms with Crippen molar-refractivity contribution in [3.63, 3.8) is 0 Å². The third-order valence-electron chi connectivity index (χ3n) is 4.56. The normalized spacial score (nSPS) is 10.6. The van der Waals surface area contributed by atoms with E-state index in [0.29, 0.717) is 23.2 Å². The van der Waals surface area contributed by atoms with Crippen LogP contribution >= 0.6 is 0 Å². The summed E-state index contributed by atoms with van der Waals surface area (Å²) in [5, 5.41) is 11.8. The lowest BCUT2D eigenvalue weighted by molar-refractivity contribution is 1.10. The Labute approximate surface area is 151 Å². The summed E-state index contributed by atoms with van der Waals surface area (Å²) in [6.07, 6.45) is 0.487. The van der Waals surface area contributed by atoms with E-state index in [1.165, 1.54) is 0 Å². The number of hydrogen-bond acceptors (Lipinski definition) is 2. The number of rotatable bonds is 3. The van der Waals surface area contributed by atoms with Crippen molar-refractivity contribution in [3.05, 3.63) is 106 Å². The third-order valence-corrected chi connectivity index (χ3v) is 4.56. The van der Waals surface area contributed by atoms with Crippen LogP contribution in [-0.2, 0) is 6.42 Å². The predicted octanol–water partition coefficient (Wildman–Crippen LogP) is 4.66. The second-order valence-corrected chi connectivity index (χ2v) is 6.21. The molecule has 0 spiro atoms. The summed E-state index contributed by atoms with van der Waals surface area (Å²) >= 11 is 0. The fourth-order valence-electron chi connectivity index (χ4n) is 3.28. The molecule has 0 saturated carbocycles. The Morgan fingerprint density at radius 1 is 0.846 bits per heavy atom. The molecule has 0 amide bonds. The maximum absolute atomic E-state index is 12.7. The van der Waals surface area contributed by atoms with Crippen molar-refractivity contribution >= 4 is 10.8 Å². The smallest absolute Gasteiger partial charge is 0.252 e. The average Bonchev–Trinajstić information content (AvgIpc) is 2.70. The number of aromatic amines is 1. The summed E-state index contributed by atoms with van der Waals surface area (Å²) in [4.78, 5) is 15.6. The standard InChI is InChI=1S/C23H16N2O/c24-15-20-14-19(23(26)25-22(20)17-8-2-1-3-9-17)13-18-11-6-10-16-7-4-5-12-21(16)18/h1-12,14H,13H2,(H,25,26). The first kappa shape index (κ1) is 15.9. The summed E-state index contributed by atoms with van der Waals surface area (Å²) in [7, 11) is 0. The van der Waals surface area contributed by atoms with Crippen LogP contribution in [0.1, 0.15) is 16.7 Å². The molecular weight excluding hydrogens is 320 g/mol. The van der Waals surface area contributed by atoms with Gasteiger partial charge in [0.05, 0.1) is 11.3 Å². The molecule has 3 nitrogen and oxygen atoms in total. The van der Waals surface area contributed by atoms with Crippen LogP contribution in [0.15, 0.2) is 83.7 Å². The Bertz CT molecular complexity index is 1180. The van der Waals surface area contributed by atoms with Gasteiger partial charge in [-0.1, -0.05) is 72.8 Å². The molecule has 4 aromatic rings. The van der Waals surface area contributed by atoms with Crippen molar-refractivity contribution < 1.29 is 0 Å². The zero-order chi connectivity index (χ0) is 17.9. The lowest BCUT2D eigenvalue weighted by Gasteiger charge is -2.09. The largest absolute Gasteiger partial charge is 0.321 e. The van der Waals surface area contributed by atoms with Crippen molar-refractivity contribution in [3.8, 4) is 17.3 Å². The first-order chi connectivity index (χ1) is 12.8. The van der Waals surface area contributed by atoms with Crippen molar-refractivity contribution in [2.45, 2.75) is 6.42 Å². The van der Waals surface area contributed by atoms with Gasteiger partial charge < -0.3 is 4.98 Å². The minimum atomic E-state index is -0.157. The quantitative estimate of drug-likeness (QED) is 0.591. The maximum atomic E-state index is 12.7. The van der Waals surface area contributed by atoms with E-state index in [9.17, 15) is 10.1 Å². The molecule has 0 aliphatic heterocycles. The number of fused-ring (bicyclic) bond motifs is 1. The highest BCUT2D eigenvalue weighted by molar-refractivity contribution is 5.86. The molecule has 0 bridgehead atoms. The Hall–Kier alpha value is -3.64.